The van der Waals surface area contributed by atoms with E-state index >= 15 is 0 Å². The molecule has 0 bridgehead atoms. The Bertz CT molecular complexity index is 1780. The van der Waals surface area contributed by atoms with Crippen LogP contribution in [0.3, 0.4) is 0 Å². The Morgan fingerprint density at radius 3 is 1.79 bits per heavy atom. The number of carbonyl (C=O) groups excluding carboxylic acids is 1. The molecule has 1 aliphatic rings. The number of carbonyl (C=O) groups is 1. The first-order valence-corrected chi connectivity index (χ1v) is 15.1. The molecule has 0 heterocycles. The van der Waals surface area contributed by atoms with Gasteiger partial charge >= 0.3 is 0 Å². The van der Waals surface area contributed by atoms with Crippen LogP contribution >= 0.6 is 0 Å². The quantitative estimate of drug-likeness (QED) is 0.210. The van der Waals surface area contributed by atoms with Gasteiger partial charge in [0, 0.05) is 33.6 Å². The van der Waals surface area contributed by atoms with Crippen LogP contribution in [0.2, 0.25) is 0 Å². The van der Waals surface area contributed by atoms with Gasteiger partial charge in [-0.2, -0.15) is 0 Å². The topological polar surface area (TPSA) is 20.3 Å². The van der Waals surface area contributed by atoms with E-state index < -0.39 is 0 Å². The molecular weight excluding hydrogens is 510 g/mol. The Labute approximate surface area is 250 Å². The van der Waals surface area contributed by atoms with Crippen molar-refractivity contribution in [3.63, 3.8) is 0 Å². The van der Waals surface area contributed by atoms with Gasteiger partial charge in [-0.05, 0) is 108 Å². The number of hydrogen-bond acceptors (Lipinski definition) is 2. The Hall–Kier alpha value is -4.43. The van der Waals surface area contributed by atoms with Gasteiger partial charge in [0.15, 0.2) is 5.78 Å². The highest BCUT2D eigenvalue weighted by molar-refractivity contribution is 6.13. The summed E-state index contributed by atoms with van der Waals surface area (Å²) in [5.74, 6) is 0.141. The standard InChI is InChI=1S/C40H39NO/c1-7-28-23-34-36(24-29(28)8-2)40(5,6)35-25-31(20-21-33(35)39(34)42)30-16-13-17-32(22-30)41(37-18-11-9-14-26(37)3)38-19-12-10-15-27(38)4/h9-25H,7-8H2,1-6H3. The van der Waals surface area contributed by atoms with E-state index in [2.05, 4.69) is 144 Å². The summed E-state index contributed by atoms with van der Waals surface area (Å²) in [5, 5.41) is 0. The maximum atomic E-state index is 13.8. The predicted molar refractivity (Wildman–Crippen MR) is 177 cm³/mol. The first-order chi connectivity index (χ1) is 20.2. The molecule has 0 atom stereocenters. The molecule has 5 aromatic carbocycles. The molecule has 210 valence electrons. The fourth-order valence-electron chi connectivity index (χ4n) is 6.64. The number of anilines is 3. The molecule has 0 aliphatic heterocycles. The molecule has 0 spiro atoms. The lowest BCUT2D eigenvalue weighted by atomic mass is 9.67. The van der Waals surface area contributed by atoms with Gasteiger partial charge in [-0.3, -0.25) is 4.79 Å². The van der Waals surface area contributed by atoms with Crippen molar-refractivity contribution in [2.75, 3.05) is 4.90 Å². The minimum absolute atomic E-state index is 0.141. The van der Waals surface area contributed by atoms with Crippen LogP contribution < -0.4 is 4.90 Å². The highest BCUT2D eigenvalue weighted by Crippen LogP contribution is 2.45. The second-order valence-electron chi connectivity index (χ2n) is 12.0. The van der Waals surface area contributed by atoms with E-state index in [0.717, 1.165) is 63.3 Å². The monoisotopic (exact) mass is 549 g/mol. The molecule has 0 N–H and O–H groups in total. The Balaban J connectivity index is 1.48. The van der Waals surface area contributed by atoms with E-state index in [1.165, 1.54) is 22.3 Å². The van der Waals surface area contributed by atoms with Crippen LogP contribution in [0.1, 0.15) is 77.0 Å². The summed E-state index contributed by atoms with van der Waals surface area (Å²) in [4.78, 5) is 16.2. The molecule has 2 nitrogen and oxygen atoms in total. The third kappa shape index (κ3) is 4.56. The van der Waals surface area contributed by atoms with Crippen molar-refractivity contribution in [1.29, 1.82) is 0 Å². The average molecular weight is 550 g/mol. The summed E-state index contributed by atoms with van der Waals surface area (Å²) < 4.78 is 0. The molecule has 1 aliphatic carbocycles. The minimum Gasteiger partial charge on any atom is -0.310 e. The first-order valence-electron chi connectivity index (χ1n) is 15.1. The molecular formula is C40H39NO. The number of para-hydroxylation sites is 2. The average Bonchev–Trinajstić information content (AvgIpc) is 3.01. The molecule has 0 fully saturated rings. The number of fused-ring (bicyclic) bond motifs is 2. The minimum atomic E-state index is -0.281. The van der Waals surface area contributed by atoms with E-state index in [4.69, 9.17) is 0 Å². The van der Waals surface area contributed by atoms with Crippen molar-refractivity contribution in [2.24, 2.45) is 0 Å². The van der Waals surface area contributed by atoms with Crippen molar-refractivity contribution in [1.82, 2.24) is 0 Å². The second kappa shape index (κ2) is 10.8. The molecule has 42 heavy (non-hydrogen) atoms. The largest absolute Gasteiger partial charge is 0.310 e. The molecule has 0 unspecified atom stereocenters. The van der Waals surface area contributed by atoms with E-state index in [-0.39, 0.29) is 11.2 Å². The van der Waals surface area contributed by atoms with Crippen molar-refractivity contribution in [3.05, 3.63) is 148 Å². The van der Waals surface area contributed by atoms with Gasteiger partial charge in [0.2, 0.25) is 0 Å². The van der Waals surface area contributed by atoms with Crippen molar-refractivity contribution < 1.29 is 4.79 Å². The van der Waals surface area contributed by atoms with Crippen LogP contribution in [0.15, 0.2) is 103 Å². The highest BCUT2D eigenvalue weighted by Gasteiger charge is 2.37. The lowest BCUT2D eigenvalue weighted by Crippen LogP contribution is -2.31. The van der Waals surface area contributed by atoms with E-state index in [1.807, 2.05) is 6.07 Å². The second-order valence-corrected chi connectivity index (χ2v) is 12.0. The molecule has 0 amide bonds. The van der Waals surface area contributed by atoms with E-state index in [1.54, 1.807) is 0 Å². The zero-order valence-electron chi connectivity index (χ0n) is 25.6. The molecule has 2 heteroatoms. The van der Waals surface area contributed by atoms with Crippen molar-refractivity contribution in [2.45, 2.75) is 59.8 Å². The van der Waals surface area contributed by atoms with Crippen LogP contribution in [0.5, 0.6) is 0 Å². The lowest BCUT2D eigenvalue weighted by molar-refractivity contribution is 0.103. The smallest absolute Gasteiger partial charge is 0.193 e. The zero-order valence-corrected chi connectivity index (χ0v) is 25.6. The summed E-state index contributed by atoms with van der Waals surface area (Å²) in [7, 11) is 0. The third-order valence-electron chi connectivity index (χ3n) is 9.11. The van der Waals surface area contributed by atoms with Crippen LogP contribution in [-0.2, 0) is 18.3 Å². The van der Waals surface area contributed by atoms with Crippen LogP contribution in [0, 0.1) is 13.8 Å². The number of hydrogen-bond donors (Lipinski definition) is 0. The maximum Gasteiger partial charge on any atom is 0.193 e. The molecule has 5 aromatic rings. The van der Waals surface area contributed by atoms with Gasteiger partial charge in [-0.25, -0.2) is 0 Å². The SMILES string of the molecule is CCc1cc2c(cc1CC)C(C)(C)c1cc(-c3cccc(N(c4ccccc4C)c4ccccc4C)c3)ccc1C2=O. The Morgan fingerprint density at radius 1 is 0.595 bits per heavy atom. The lowest BCUT2D eigenvalue weighted by Gasteiger charge is -2.35. The van der Waals surface area contributed by atoms with Gasteiger partial charge in [-0.15, -0.1) is 0 Å². The summed E-state index contributed by atoms with van der Waals surface area (Å²) in [6, 6.07) is 36.7. The van der Waals surface area contributed by atoms with Gasteiger partial charge in [0.25, 0.3) is 0 Å². The van der Waals surface area contributed by atoms with E-state index in [0.29, 0.717) is 0 Å². The van der Waals surface area contributed by atoms with Crippen LogP contribution in [-0.4, -0.2) is 5.78 Å². The number of nitrogens with zero attached hydrogens (tertiary/aromatic N) is 1. The molecule has 6 rings (SSSR count). The molecule has 0 saturated carbocycles. The Kier molecular flexibility index (Phi) is 7.10. The normalized spacial score (nSPS) is 13.4. The van der Waals surface area contributed by atoms with Crippen molar-refractivity contribution >= 4 is 22.8 Å². The molecule has 0 saturated heterocycles. The predicted octanol–water partition coefficient (Wildman–Crippen LogP) is 10.4. The first kappa shape index (κ1) is 27.7. The molecule has 0 aromatic heterocycles. The summed E-state index contributed by atoms with van der Waals surface area (Å²) >= 11 is 0. The number of rotatable bonds is 6. The maximum absolute atomic E-state index is 13.8. The summed E-state index contributed by atoms with van der Waals surface area (Å²) in [6.45, 7) is 13.2. The van der Waals surface area contributed by atoms with E-state index in [9.17, 15) is 4.79 Å². The highest BCUT2D eigenvalue weighted by atomic mass is 16.1. The fourth-order valence-corrected chi connectivity index (χ4v) is 6.64. The van der Waals surface area contributed by atoms with Gasteiger partial charge in [0.05, 0.1) is 0 Å². The number of aryl methyl sites for hydroxylation is 4. The summed E-state index contributed by atoms with van der Waals surface area (Å²) in [6.07, 6.45) is 1.91. The van der Waals surface area contributed by atoms with Gasteiger partial charge in [-0.1, -0.05) is 94.4 Å². The third-order valence-corrected chi connectivity index (χ3v) is 9.11. The summed E-state index contributed by atoms with van der Waals surface area (Å²) in [5.41, 5.74) is 14.4. The van der Waals surface area contributed by atoms with Crippen LogP contribution in [0.4, 0.5) is 17.1 Å². The van der Waals surface area contributed by atoms with Gasteiger partial charge in [0.1, 0.15) is 0 Å². The molecule has 0 radical (unpaired) electrons. The Morgan fingerprint density at radius 2 is 1.17 bits per heavy atom. The van der Waals surface area contributed by atoms with Gasteiger partial charge < -0.3 is 4.90 Å². The number of benzene rings is 5. The fraction of sp³-hybridized carbons (Fsp3) is 0.225. The van der Waals surface area contributed by atoms with Crippen molar-refractivity contribution in [3.8, 4) is 11.1 Å². The van der Waals surface area contributed by atoms with Crippen LogP contribution in [0.25, 0.3) is 11.1 Å². The zero-order chi connectivity index (χ0) is 29.6. The number of ketones is 1.